The van der Waals surface area contributed by atoms with Crippen LogP contribution in [0, 0.1) is 0 Å². The van der Waals surface area contributed by atoms with Crippen molar-refractivity contribution in [2.75, 3.05) is 13.1 Å². The first-order valence-electron chi connectivity index (χ1n) is 8.21. The average Bonchev–Trinajstić information content (AvgIpc) is 3.35. The van der Waals surface area contributed by atoms with Crippen molar-refractivity contribution in [3.63, 3.8) is 0 Å². The van der Waals surface area contributed by atoms with Crippen LogP contribution in [0.5, 0.6) is 0 Å². The molecule has 1 aromatic carbocycles. The van der Waals surface area contributed by atoms with Crippen molar-refractivity contribution in [2.45, 2.75) is 12.5 Å². The molecule has 4 rings (SSSR count). The molecule has 1 atom stereocenters. The van der Waals surface area contributed by atoms with Gasteiger partial charge in [0.25, 0.3) is 5.91 Å². The Kier molecular flexibility index (Phi) is 4.22. The second kappa shape index (κ2) is 6.83. The summed E-state index contributed by atoms with van der Waals surface area (Å²) in [6.07, 6.45) is 2.94. The molecule has 132 valence electrons. The summed E-state index contributed by atoms with van der Waals surface area (Å²) in [7, 11) is 0. The zero-order chi connectivity index (χ0) is 17.9. The third-order valence-corrected chi connectivity index (χ3v) is 4.23. The van der Waals surface area contributed by atoms with Crippen molar-refractivity contribution in [2.24, 2.45) is 0 Å². The SMILES string of the molecule is O=C1NCCN(C(=O)c2ccoc2)C1Cc1nc(-c2ccccc2)no1. The average molecular weight is 352 g/mol. The Balaban J connectivity index is 1.55. The first-order chi connectivity index (χ1) is 12.7. The zero-order valence-corrected chi connectivity index (χ0v) is 13.8. The van der Waals surface area contributed by atoms with Gasteiger partial charge in [-0.1, -0.05) is 35.5 Å². The lowest BCUT2D eigenvalue weighted by Gasteiger charge is -2.34. The Bertz CT molecular complexity index is 904. The van der Waals surface area contributed by atoms with Gasteiger partial charge in [0.1, 0.15) is 12.3 Å². The quantitative estimate of drug-likeness (QED) is 0.764. The lowest BCUT2D eigenvalue weighted by Crippen LogP contribution is -2.58. The van der Waals surface area contributed by atoms with Gasteiger partial charge in [0.15, 0.2) is 0 Å². The first kappa shape index (κ1) is 16.1. The van der Waals surface area contributed by atoms with Gasteiger partial charge in [0.2, 0.25) is 17.6 Å². The van der Waals surface area contributed by atoms with Crippen LogP contribution in [0.25, 0.3) is 11.4 Å². The van der Waals surface area contributed by atoms with Crippen LogP contribution >= 0.6 is 0 Å². The van der Waals surface area contributed by atoms with E-state index >= 15 is 0 Å². The van der Waals surface area contributed by atoms with Gasteiger partial charge in [-0.05, 0) is 6.07 Å². The lowest BCUT2D eigenvalue weighted by atomic mass is 10.1. The maximum atomic E-state index is 12.7. The molecule has 0 aliphatic carbocycles. The minimum atomic E-state index is -0.713. The van der Waals surface area contributed by atoms with E-state index in [1.807, 2.05) is 30.3 Å². The molecule has 1 aliphatic rings. The molecule has 2 aromatic heterocycles. The Hall–Kier alpha value is -3.42. The summed E-state index contributed by atoms with van der Waals surface area (Å²) in [4.78, 5) is 30.9. The summed E-state index contributed by atoms with van der Waals surface area (Å²) < 4.78 is 10.3. The van der Waals surface area contributed by atoms with E-state index in [9.17, 15) is 9.59 Å². The van der Waals surface area contributed by atoms with E-state index in [1.165, 1.54) is 17.4 Å². The number of furan rings is 1. The molecule has 3 aromatic rings. The topological polar surface area (TPSA) is 101 Å². The number of benzene rings is 1. The van der Waals surface area contributed by atoms with Crippen molar-refractivity contribution in [1.29, 1.82) is 0 Å². The molecule has 2 amide bonds. The van der Waals surface area contributed by atoms with Gasteiger partial charge in [-0.2, -0.15) is 4.98 Å². The molecule has 0 saturated carbocycles. The minimum absolute atomic E-state index is 0.148. The number of carbonyl (C=O) groups excluding carboxylic acids is 2. The molecule has 8 nitrogen and oxygen atoms in total. The number of aromatic nitrogens is 2. The van der Waals surface area contributed by atoms with Gasteiger partial charge in [-0.3, -0.25) is 9.59 Å². The van der Waals surface area contributed by atoms with Crippen LogP contribution in [0.2, 0.25) is 0 Å². The maximum absolute atomic E-state index is 12.7. The van der Waals surface area contributed by atoms with Gasteiger partial charge >= 0.3 is 0 Å². The van der Waals surface area contributed by atoms with Crippen molar-refractivity contribution >= 4 is 11.8 Å². The number of rotatable bonds is 4. The maximum Gasteiger partial charge on any atom is 0.257 e. The van der Waals surface area contributed by atoms with Crippen molar-refractivity contribution in [1.82, 2.24) is 20.4 Å². The van der Waals surface area contributed by atoms with Gasteiger partial charge in [0.05, 0.1) is 18.2 Å². The Morgan fingerprint density at radius 2 is 2.12 bits per heavy atom. The predicted molar refractivity (Wildman–Crippen MR) is 90.0 cm³/mol. The second-order valence-corrected chi connectivity index (χ2v) is 5.90. The molecular formula is C18H16N4O4. The molecule has 1 N–H and O–H groups in total. The van der Waals surface area contributed by atoms with E-state index < -0.39 is 6.04 Å². The highest BCUT2D eigenvalue weighted by atomic mass is 16.5. The normalized spacial score (nSPS) is 17.2. The summed E-state index contributed by atoms with van der Waals surface area (Å²) in [5, 5.41) is 6.74. The van der Waals surface area contributed by atoms with Crippen LogP contribution in [0.3, 0.4) is 0 Å². The van der Waals surface area contributed by atoms with Gasteiger partial charge in [0, 0.05) is 18.7 Å². The summed E-state index contributed by atoms with van der Waals surface area (Å²) >= 11 is 0. The molecule has 1 fully saturated rings. The first-order valence-corrected chi connectivity index (χ1v) is 8.21. The van der Waals surface area contributed by atoms with E-state index in [4.69, 9.17) is 8.94 Å². The Labute approximate surface area is 148 Å². The van der Waals surface area contributed by atoms with E-state index in [1.54, 1.807) is 6.07 Å². The van der Waals surface area contributed by atoms with Gasteiger partial charge < -0.3 is 19.2 Å². The molecule has 3 heterocycles. The monoisotopic (exact) mass is 352 g/mol. The highest BCUT2D eigenvalue weighted by molar-refractivity contribution is 5.98. The summed E-state index contributed by atoms with van der Waals surface area (Å²) in [6.45, 7) is 0.804. The summed E-state index contributed by atoms with van der Waals surface area (Å²) in [5.74, 6) is 0.245. The Morgan fingerprint density at radius 1 is 1.27 bits per heavy atom. The number of hydrogen-bond acceptors (Lipinski definition) is 6. The molecule has 0 radical (unpaired) electrons. The predicted octanol–water partition coefficient (Wildman–Crippen LogP) is 1.51. The molecule has 26 heavy (non-hydrogen) atoms. The van der Waals surface area contributed by atoms with E-state index in [0.29, 0.717) is 30.4 Å². The molecule has 1 aliphatic heterocycles. The highest BCUT2D eigenvalue weighted by Crippen LogP contribution is 2.18. The standard InChI is InChI=1S/C18H16N4O4/c23-17-14(22(8-7-19-17)18(24)13-6-9-25-11-13)10-15-20-16(21-26-15)12-4-2-1-3-5-12/h1-6,9,11,14H,7-8,10H2,(H,19,23). The number of nitrogens with one attached hydrogen (secondary N) is 1. The number of nitrogens with zero attached hydrogens (tertiary/aromatic N) is 3. The fourth-order valence-corrected chi connectivity index (χ4v) is 2.92. The number of carbonyl (C=O) groups is 2. The van der Waals surface area contributed by atoms with Crippen molar-refractivity contribution in [3.05, 3.63) is 60.4 Å². The Morgan fingerprint density at radius 3 is 2.88 bits per heavy atom. The number of hydrogen-bond donors (Lipinski definition) is 1. The third-order valence-electron chi connectivity index (χ3n) is 4.23. The molecule has 1 unspecified atom stereocenters. The fraction of sp³-hybridized carbons (Fsp3) is 0.222. The van der Waals surface area contributed by atoms with E-state index in [-0.39, 0.29) is 18.2 Å². The van der Waals surface area contributed by atoms with Crippen LogP contribution in [0.1, 0.15) is 16.2 Å². The van der Waals surface area contributed by atoms with Crippen LogP contribution in [-0.2, 0) is 11.2 Å². The van der Waals surface area contributed by atoms with Crippen LogP contribution in [-0.4, -0.2) is 46.0 Å². The summed E-state index contributed by atoms with van der Waals surface area (Å²) in [5.41, 5.74) is 1.22. The van der Waals surface area contributed by atoms with Gasteiger partial charge in [-0.15, -0.1) is 0 Å². The number of piperazine rings is 1. The van der Waals surface area contributed by atoms with Crippen molar-refractivity contribution in [3.8, 4) is 11.4 Å². The smallest absolute Gasteiger partial charge is 0.257 e. The second-order valence-electron chi connectivity index (χ2n) is 5.90. The molecule has 0 spiro atoms. The largest absolute Gasteiger partial charge is 0.472 e. The number of amides is 2. The van der Waals surface area contributed by atoms with Crippen LogP contribution < -0.4 is 5.32 Å². The molecule has 8 heteroatoms. The summed E-state index contributed by atoms with van der Waals surface area (Å²) in [6, 6.07) is 10.3. The van der Waals surface area contributed by atoms with E-state index in [0.717, 1.165) is 5.56 Å². The fourth-order valence-electron chi connectivity index (χ4n) is 2.92. The zero-order valence-electron chi connectivity index (χ0n) is 13.8. The van der Waals surface area contributed by atoms with E-state index in [2.05, 4.69) is 15.5 Å². The molecule has 0 bridgehead atoms. The third kappa shape index (κ3) is 3.08. The van der Waals surface area contributed by atoms with Gasteiger partial charge in [-0.25, -0.2) is 0 Å². The lowest BCUT2D eigenvalue weighted by molar-refractivity contribution is -0.127. The van der Waals surface area contributed by atoms with Crippen molar-refractivity contribution < 1.29 is 18.5 Å². The van der Waals surface area contributed by atoms with Crippen LogP contribution in [0.4, 0.5) is 0 Å². The molecular weight excluding hydrogens is 336 g/mol. The minimum Gasteiger partial charge on any atom is -0.472 e. The highest BCUT2D eigenvalue weighted by Gasteiger charge is 2.35. The molecule has 1 saturated heterocycles. The van der Waals surface area contributed by atoms with Crippen LogP contribution in [0.15, 0.2) is 57.9 Å².